The van der Waals surface area contributed by atoms with Gasteiger partial charge in [-0.1, -0.05) is 0 Å². The van der Waals surface area contributed by atoms with Crippen LogP contribution in [0, 0.1) is 0 Å². The van der Waals surface area contributed by atoms with Crippen molar-refractivity contribution in [3.05, 3.63) is 0 Å². The summed E-state index contributed by atoms with van der Waals surface area (Å²) in [7, 11) is 0. The molecule has 1 rings (SSSR count). The van der Waals surface area contributed by atoms with Crippen molar-refractivity contribution < 1.29 is 18.7 Å². The summed E-state index contributed by atoms with van der Waals surface area (Å²) in [4.78, 5) is 9.85. The Balaban J connectivity index is 2.48. The van der Waals surface area contributed by atoms with Gasteiger partial charge in [0.1, 0.15) is 0 Å². The molecule has 1 fully saturated rings. The molecule has 7 heavy (non-hydrogen) atoms. The average molecular weight is 106 g/mol. The number of hydrogen-bond donors (Lipinski definition) is 0. The van der Waals surface area contributed by atoms with Gasteiger partial charge in [-0.3, -0.25) is 0 Å². The monoisotopic (exact) mass is 106 g/mol. The molecule has 1 atom stereocenters. The summed E-state index contributed by atoms with van der Waals surface area (Å²) in [6, 6.07) is 0. The van der Waals surface area contributed by atoms with E-state index >= 15 is 0 Å². The number of hydrogen-bond acceptors (Lipinski definition) is 3. The van der Waals surface area contributed by atoms with Gasteiger partial charge in [-0.2, -0.15) is 0 Å². The molecule has 0 bridgehead atoms. The molecular weight excluding hydrogens is 103 g/mol. The molecule has 1 aliphatic rings. The maximum atomic E-state index is 11.6. The molecule has 0 aromatic heterocycles. The van der Waals surface area contributed by atoms with Gasteiger partial charge in [0.25, 0.3) is 6.36 Å². The van der Waals surface area contributed by atoms with Crippen LogP contribution in [-0.2, 0) is 14.3 Å². The van der Waals surface area contributed by atoms with Crippen LogP contribution in [0.5, 0.6) is 0 Å². The smallest absolute Gasteiger partial charge is 0.370 e. The second kappa shape index (κ2) is 1.46. The number of cyclic esters (lactones) is 1. The molecule has 0 aromatic carbocycles. The zero-order chi connectivity index (χ0) is 5.28. The maximum Gasteiger partial charge on any atom is 0.370 e. The minimum absolute atomic E-state index is 0.250. The molecule has 0 aromatic rings. The fourth-order valence-corrected chi connectivity index (χ4v) is 0.285. The predicted molar refractivity (Wildman–Crippen MR) is 16.9 cm³/mol. The summed E-state index contributed by atoms with van der Waals surface area (Å²) in [5.74, 6) is -0.931. The Morgan fingerprint density at radius 3 is 2.71 bits per heavy atom. The fourth-order valence-electron chi connectivity index (χ4n) is 0.285. The molecule has 0 amide bonds. The van der Waals surface area contributed by atoms with Crippen LogP contribution in [0.1, 0.15) is 0 Å². The van der Waals surface area contributed by atoms with Crippen molar-refractivity contribution in [3.8, 4) is 0 Å². The normalized spacial score (nSPS) is 30.4. The van der Waals surface area contributed by atoms with Gasteiger partial charge in [-0.15, -0.1) is 0 Å². The zero-order valence-corrected chi connectivity index (χ0v) is 3.39. The van der Waals surface area contributed by atoms with Gasteiger partial charge in [0.2, 0.25) is 0 Å². The Kier molecular flexibility index (Phi) is 0.941. The van der Waals surface area contributed by atoms with E-state index in [1.165, 1.54) is 0 Å². The summed E-state index contributed by atoms with van der Waals surface area (Å²) < 4.78 is 19.7. The Morgan fingerprint density at radius 2 is 2.57 bits per heavy atom. The molecule has 4 heteroatoms. The highest BCUT2D eigenvalue weighted by Gasteiger charge is 2.25. The third kappa shape index (κ3) is 0.691. The quantitative estimate of drug-likeness (QED) is 0.401. The van der Waals surface area contributed by atoms with Crippen LogP contribution in [-0.4, -0.2) is 19.1 Å². The summed E-state index contributed by atoms with van der Waals surface area (Å²) in [6.45, 7) is -0.250. The van der Waals surface area contributed by atoms with Crippen molar-refractivity contribution in [2.45, 2.75) is 6.36 Å². The van der Waals surface area contributed by atoms with Crippen LogP contribution in [0.3, 0.4) is 0 Å². The van der Waals surface area contributed by atoms with E-state index in [0.29, 0.717) is 0 Å². The third-order valence-corrected chi connectivity index (χ3v) is 0.601. The SMILES string of the molecule is O=C1OCOC1F. The molecule has 0 spiro atoms. The number of carbonyl (C=O) groups excluding carboxylic acids is 1. The van der Waals surface area contributed by atoms with Crippen LogP contribution >= 0.6 is 0 Å². The van der Waals surface area contributed by atoms with Crippen LogP contribution in [0.15, 0.2) is 0 Å². The first-order valence-electron chi connectivity index (χ1n) is 1.73. The summed E-state index contributed by atoms with van der Waals surface area (Å²) in [5, 5.41) is 0. The first-order chi connectivity index (χ1) is 3.30. The lowest BCUT2D eigenvalue weighted by Crippen LogP contribution is -2.07. The highest BCUT2D eigenvalue weighted by Crippen LogP contribution is 2.04. The average Bonchev–Trinajstić information content (AvgIpc) is 1.91. The number of esters is 1. The van der Waals surface area contributed by atoms with Gasteiger partial charge in [0, 0.05) is 0 Å². The Labute approximate surface area is 39.0 Å². The van der Waals surface area contributed by atoms with Crippen LogP contribution < -0.4 is 0 Å². The minimum atomic E-state index is -1.85. The lowest BCUT2D eigenvalue weighted by molar-refractivity contribution is -0.142. The second-order valence-electron chi connectivity index (χ2n) is 1.06. The number of alkyl halides is 1. The molecule has 1 aliphatic heterocycles. The van der Waals surface area contributed by atoms with E-state index in [2.05, 4.69) is 9.47 Å². The molecule has 0 saturated carbocycles. The molecule has 0 N–H and O–H groups in total. The number of ether oxygens (including phenoxy) is 2. The second-order valence-corrected chi connectivity index (χ2v) is 1.06. The molecule has 3 nitrogen and oxygen atoms in total. The Bertz CT molecular complexity index is 92.2. The topological polar surface area (TPSA) is 35.5 Å². The van der Waals surface area contributed by atoms with Crippen molar-refractivity contribution in [1.82, 2.24) is 0 Å². The molecule has 40 valence electrons. The fraction of sp³-hybridized carbons (Fsp3) is 0.667. The largest absolute Gasteiger partial charge is 0.434 e. The third-order valence-electron chi connectivity index (χ3n) is 0.601. The molecule has 1 saturated heterocycles. The van der Waals surface area contributed by atoms with Gasteiger partial charge >= 0.3 is 5.97 Å². The van der Waals surface area contributed by atoms with Crippen molar-refractivity contribution in [3.63, 3.8) is 0 Å². The van der Waals surface area contributed by atoms with E-state index in [4.69, 9.17) is 0 Å². The van der Waals surface area contributed by atoms with E-state index in [-0.39, 0.29) is 6.79 Å². The van der Waals surface area contributed by atoms with Gasteiger partial charge in [-0.25, -0.2) is 9.18 Å². The molecule has 1 heterocycles. The summed E-state index contributed by atoms with van der Waals surface area (Å²) >= 11 is 0. The first kappa shape index (κ1) is 4.52. The minimum Gasteiger partial charge on any atom is -0.434 e. The Hall–Kier alpha value is -0.640. The highest BCUT2D eigenvalue weighted by atomic mass is 19.1. The standard InChI is InChI=1S/C3H3FO3/c4-2-3(5)7-1-6-2/h2H,1H2. The highest BCUT2D eigenvalue weighted by molar-refractivity contribution is 5.73. The van der Waals surface area contributed by atoms with Gasteiger partial charge in [0.15, 0.2) is 6.79 Å². The Morgan fingerprint density at radius 1 is 1.86 bits per heavy atom. The van der Waals surface area contributed by atoms with E-state index < -0.39 is 12.3 Å². The van der Waals surface area contributed by atoms with Crippen molar-refractivity contribution in [2.24, 2.45) is 0 Å². The number of carbonyl (C=O) groups is 1. The van der Waals surface area contributed by atoms with Crippen molar-refractivity contribution >= 4 is 5.97 Å². The maximum absolute atomic E-state index is 11.6. The predicted octanol–water partition coefficient (Wildman–Crippen LogP) is -0.187. The molecule has 1 unspecified atom stereocenters. The van der Waals surface area contributed by atoms with Gasteiger partial charge in [-0.05, 0) is 0 Å². The number of rotatable bonds is 0. The van der Waals surface area contributed by atoms with E-state index in [1.54, 1.807) is 0 Å². The number of halogens is 1. The first-order valence-corrected chi connectivity index (χ1v) is 1.73. The lowest BCUT2D eigenvalue weighted by atomic mass is 10.7. The van der Waals surface area contributed by atoms with Crippen LogP contribution in [0.25, 0.3) is 0 Å². The van der Waals surface area contributed by atoms with Crippen molar-refractivity contribution in [2.75, 3.05) is 6.79 Å². The summed E-state index contributed by atoms with van der Waals surface area (Å²) in [5.41, 5.74) is 0. The lowest BCUT2D eigenvalue weighted by Gasteiger charge is -1.83. The zero-order valence-electron chi connectivity index (χ0n) is 3.39. The van der Waals surface area contributed by atoms with E-state index in [1.807, 2.05) is 0 Å². The molecule has 0 radical (unpaired) electrons. The van der Waals surface area contributed by atoms with E-state index in [0.717, 1.165) is 0 Å². The van der Waals surface area contributed by atoms with Crippen LogP contribution in [0.4, 0.5) is 4.39 Å². The molecular formula is C3H3FO3. The van der Waals surface area contributed by atoms with Crippen molar-refractivity contribution in [1.29, 1.82) is 0 Å². The summed E-state index contributed by atoms with van der Waals surface area (Å²) in [6.07, 6.45) is -1.85. The van der Waals surface area contributed by atoms with E-state index in [9.17, 15) is 9.18 Å². The van der Waals surface area contributed by atoms with Gasteiger partial charge in [0.05, 0.1) is 0 Å². The molecule has 0 aliphatic carbocycles. The van der Waals surface area contributed by atoms with Crippen LogP contribution in [0.2, 0.25) is 0 Å². The van der Waals surface area contributed by atoms with Gasteiger partial charge < -0.3 is 9.47 Å².